The molecule has 0 saturated heterocycles. The molecule has 8 aromatic carbocycles. The Bertz CT molecular complexity index is 3110. The lowest BCUT2D eigenvalue weighted by molar-refractivity contribution is 0.668. The largest absolute Gasteiger partial charge is 0.456 e. The molecule has 11 aromatic rings. The summed E-state index contributed by atoms with van der Waals surface area (Å²) in [7, 11) is 0. The van der Waals surface area contributed by atoms with E-state index in [0.29, 0.717) is 0 Å². The molecule has 0 N–H and O–H groups in total. The number of hydrogen-bond acceptors (Lipinski definition) is 3. The minimum Gasteiger partial charge on any atom is -0.456 e. The summed E-state index contributed by atoms with van der Waals surface area (Å²) in [5.41, 5.74) is 10.0. The van der Waals surface area contributed by atoms with E-state index in [2.05, 4.69) is 161 Å². The number of furan rings is 2. The molecular weight excluding hydrogens is 613 g/mol. The lowest BCUT2D eigenvalue weighted by Gasteiger charge is -2.27. The van der Waals surface area contributed by atoms with Gasteiger partial charge in [0.2, 0.25) is 0 Å². The van der Waals surface area contributed by atoms with E-state index in [-0.39, 0.29) is 0 Å². The number of anilines is 3. The highest BCUT2D eigenvalue weighted by Crippen LogP contribution is 2.48. The first-order valence-corrected chi connectivity index (χ1v) is 16.9. The van der Waals surface area contributed by atoms with Crippen molar-refractivity contribution >= 4 is 93.5 Å². The monoisotopic (exact) mass is 640 g/mol. The molecule has 11 rings (SSSR count). The number of para-hydroxylation sites is 5. The minimum atomic E-state index is 0.851. The summed E-state index contributed by atoms with van der Waals surface area (Å²) in [6.07, 6.45) is 0. The van der Waals surface area contributed by atoms with E-state index in [4.69, 9.17) is 8.83 Å². The lowest BCUT2D eigenvalue weighted by Crippen LogP contribution is -2.11. The molecule has 0 atom stereocenters. The van der Waals surface area contributed by atoms with Crippen LogP contribution in [0.4, 0.5) is 17.1 Å². The molecule has 0 fully saturated rings. The molecule has 0 aliphatic carbocycles. The van der Waals surface area contributed by atoms with Gasteiger partial charge in [-0.15, -0.1) is 0 Å². The number of rotatable bonds is 4. The summed E-state index contributed by atoms with van der Waals surface area (Å²) in [6.45, 7) is 0. The standard InChI is InChI=1S/C46H28N2O2/c1-2-12-30(13-3-1)47-37-18-7-4-15-34(37)45-38(47)19-11-20-39(45)48(40-21-10-17-33-32-14-5-8-22-41(32)50-46(33)40)31-26-24-29-25-27-43-44(36(29)28-31)35-16-6-9-23-42(35)49-43/h1-28H. The van der Waals surface area contributed by atoms with Crippen LogP contribution in [0.15, 0.2) is 179 Å². The highest BCUT2D eigenvalue weighted by molar-refractivity contribution is 6.21. The van der Waals surface area contributed by atoms with Crippen LogP contribution in [0.2, 0.25) is 0 Å². The Morgan fingerprint density at radius 3 is 1.94 bits per heavy atom. The van der Waals surface area contributed by atoms with Crippen molar-refractivity contribution in [2.24, 2.45) is 0 Å². The number of hydrogen-bond donors (Lipinski definition) is 0. The second-order valence-corrected chi connectivity index (χ2v) is 12.9. The van der Waals surface area contributed by atoms with Crippen LogP contribution in [-0.4, -0.2) is 4.57 Å². The molecule has 50 heavy (non-hydrogen) atoms. The van der Waals surface area contributed by atoms with E-state index in [9.17, 15) is 0 Å². The lowest BCUT2D eigenvalue weighted by atomic mass is 10.0. The average Bonchev–Trinajstić information content (AvgIpc) is 3.86. The van der Waals surface area contributed by atoms with E-state index in [1.807, 2.05) is 18.2 Å². The van der Waals surface area contributed by atoms with E-state index < -0.39 is 0 Å². The van der Waals surface area contributed by atoms with Crippen molar-refractivity contribution in [2.75, 3.05) is 4.90 Å². The summed E-state index contributed by atoms with van der Waals surface area (Å²) in [6, 6.07) is 60.1. The van der Waals surface area contributed by atoms with Gasteiger partial charge in [-0.1, -0.05) is 103 Å². The maximum absolute atomic E-state index is 6.72. The first-order chi connectivity index (χ1) is 24.8. The van der Waals surface area contributed by atoms with Crippen LogP contribution in [0.1, 0.15) is 0 Å². The highest BCUT2D eigenvalue weighted by atomic mass is 16.3. The fraction of sp³-hybridized carbons (Fsp3) is 0. The molecular formula is C46H28N2O2. The summed E-state index contributed by atoms with van der Waals surface area (Å²) < 4.78 is 15.4. The van der Waals surface area contributed by atoms with Gasteiger partial charge in [-0.2, -0.15) is 0 Å². The van der Waals surface area contributed by atoms with Crippen LogP contribution in [-0.2, 0) is 0 Å². The van der Waals surface area contributed by atoms with Crippen LogP contribution in [0.25, 0.3) is 82.1 Å². The second-order valence-electron chi connectivity index (χ2n) is 12.9. The Hall–Kier alpha value is -6.78. The van der Waals surface area contributed by atoms with Gasteiger partial charge in [0.1, 0.15) is 16.7 Å². The van der Waals surface area contributed by atoms with Gasteiger partial charge in [0.15, 0.2) is 5.58 Å². The molecule has 0 amide bonds. The maximum Gasteiger partial charge on any atom is 0.159 e. The summed E-state index contributed by atoms with van der Waals surface area (Å²) in [5.74, 6) is 0. The molecule has 0 saturated carbocycles. The fourth-order valence-corrected chi connectivity index (χ4v) is 8.03. The fourth-order valence-electron chi connectivity index (χ4n) is 8.03. The van der Waals surface area contributed by atoms with Crippen LogP contribution in [0.3, 0.4) is 0 Å². The highest BCUT2D eigenvalue weighted by Gasteiger charge is 2.24. The topological polar surface area (TPSA) is 34.5 Å². The normalized spacial score (nSPS) is 12.0. The Balaban J connectivity index is 1.28. The number of fused-ring (bicyclic) bond motifs is 11. The van der Waals surface area contributed by atoms with Gasteiger partial charge in [-0.05, 0) is 77.5 Å². The van der Waals surface area contributed by atoms with Gasteiger partial charge in [-0.25, -0.2) is 0 Å². The Morgan fingerprint density at radius 1 is 0.400 bits per heavy atom. The quantitative estimate of drug-likeness (QED) is 0.192. The first-order valence-electron chi connectivity index (χ1n) is 16.9. The second kappa shape index (κ2) is 10.4. The summed E-state index contributed by atoms with van der Waals surface area (Å²) in [4.78, 5) is 2.38. The molecule has 3 aromatic heterocycles. The third kappa shape index (κ3) is 3.81. The Kier molecular flexibility index (Phi) is 5.63. The number of benzene rings is 8. The molecule has 234 valence electrons. The average molecular weight is 641 g/mol. The molecule has 0 unspecified atom stereocenters. The van der Waals surface area contributed by atoms with Crippen LogP contribution in [0.5, 0.6) is 0 Å². The smallest absolute Gasteiger partial charge is 0.159 e. The molecule has 4 nitrogen and oxygen atoms in total. The van der Waals surface area contributed by atoms with Crippen molar-refractivity contribution in [3.05, 3.63) is 170 Å². The molecule has 3 heterocycles. The zero-order chi connectivity index (χ0) is 32.8. The predicted octanol–water partition coefficient (Wildman–Crippen LogP) is 13.2. The molecule has 0 radical (unpaired) electrons. The first kappa shape index (κ1) is 27.2. The SMILES string of the molecule is c1ccc(-n2c3ccccc3c3c(N(c4ccc5ccc6oc7ccccc7c6c5c4)c4cccc5c4oc4ccccc45)cccc32)cc1. The predicted molar refractivity (Wildman–Crippen MR) is 208 cm³/mol. The van der Waals surface area contributed by atoms with E-state index >= 15 is 0 Å². The molecule has 0 aliphatic rings. The van der Waals surface area contributed by atoms with Gasteiger partial charge < -0.3 is 18.3 Å². The summed E-state index contributed by atoms with van der Waals surface area (Å²) >= 11 is 0. The minimum absolute atomic E-state index is 0.851. The van der Waals surface area contributed by atoms with Crippen molar-refractivity contribution in [3.8, 4) is 5.69 Å². The maximum atomic E-state index is 6.72. The van der Waals surface area contributed by atoms with Crippen LogP contribution < -0.4 is 4.90 Å². The molecule has 4 heteroatoms. The van der Waals surface area contributed by atoms with Crippen molar-refractivity contribution in [1.82, 2.24) is 4.57 Å². The number of aromatic nitrogens is 1. The van der Waals surface area contributed by atoms with Crippen molar-refractivity contribution in [1.29, 1.82) is 0 Å². The number of nitrogens with zero attached hydrogens (tertiary/aromatic N) is 2. The van der Waals surface area contributed by atoms with Crippen molar-refractivity contribution in [2.45, 2.75) is 0 Å². The summed E-state index contributed by atoms with van der Waals surface area (Å²) in [5, 5.41) is 9.10. The van der Waals surface area contributed by atoms with E-state index in [1.54, 1.807) is 0 Å². The Morgan fingerprint density at radius 2 is 1.06 bits per heavy atom. The van der Waals surface area contributed by atoms with Gasteiger partial charge >= 0.3 is 0 Å². The Labute approximate surface area is 286 Å². The molecule has 0 aliphatic heterocycles. The van der Waals surface area contributed by atoms with Gasteiger partial charge in [0.05, 0.1) is 22.4 Å². The molecule has 0 spiro atoms. The van der Waals surface area contributed by atoms with Gasteiger partial charge in [0.25, 0.3) is 0 Å². The third-order valence-electron chi connectivity index (χ3n) is 10.2. The zero-order valence-electron chi connectivity index (χ0n) is 26.9. The van der Waals surface area contributed by atoms with Crippen LogP contribution >= 0.6 is 0 Å². The van der Waals surface area contributed by atoms with E-state index in [1.165, 1.54) is 10.8 Å². The van der Waals surface area contributed by atoms with Gasteiger partial charge in [-0.3, -0.25) is 0 Å². The van der Waals surface area contributed by atoms with Crippen molar-refractivity contribution < 1.29 is 8.83 Å². The van der Waals surface area contributed by atoms with Crippen LogP contribution in [0, 0.1) is 0 Å². The van der Waals surface area contributed by atoms with Crippen molar-refractivity contribution in [3.63, 3.8) is 0 Å². The third-order valence-corrected chi connectivity index (χ3v) is 10.2. The molecule has 0 bridgehead atoms. The van der Waals surface area contributed by atoms with E-state index in [0.717, 1.165) is 88.4 Å². The zero-order valence-corrected chi connectivity index (χ0v) is 26.9. The van der Waals surface area contributed by atoms with Gasteiger partial charge in [0, 0.05) is 43.7 Å².